The van der Waals surface area contributed by atoms with Gasteiger partial charge in [-0.3, -0.25) is 9.78 Å². The lowest BCUT2D eigenvalue weighted by molar-refractivity contribution is 0.0933. The van der Waals surface area contributed by atoms with Gasteiger partial charge in [0, 0.05) is 36.6 Å². The van der Waals surface area contributed by atoms with Crippen LogP contribution in [0.3, 0.4) is 0 Å². The van der Waals surface area contributed by atoms with E-state index in [-0.39, 0.29) is 11.9 Å². The molecule has 1 aromatic carbocycles. The van der Waals surface area contributed by atoms with Gasteiger partial charge in [-0.15, -0.1) is 0 Å². The van der Waals surface area contributed by atoms with Crippen LogP contribution in [-0.2, 0) is 6.42 Å². The third-order valence-corrected chi connectivity index (χ3v) is 6.04. The van der Waals surface area contributed by atoms with Gasteiger partial charge >= 0.3 is 0 Å². The Bertz CT molecular complexity index is 1210. The maximum absolute atomic E-state index is 13.1. The van der Waals surface area contributed by atoms with E-state index in [0.717, 1.165) is 59.0 Å². The Morgan fingerprint density at radius 1 is 1.21 bits per heavy atom. The number of fused-ring (bicyclic) bond motifs is 1. The smallest absolute Gasteiger partial charge is 0.270 e. The minimum Gasteiger partial charge on any atom is -0.393 e. The summed E-state index contributed by atoms with van der Waals surface area (Å²) < 4.78 is 0. The molecule has 1 aliphatic rings. The number of carbonyl (C=O) groups is 1. The van der Waals surface area contributed by atoms with Crippen LogP contribution in [0.4, 0.5) is 0 Å². The lowest BCUT2D eigenvalue weighted by Crippen LogP contribution is -2.38. The van der Waals surface area contributed by atoms with Gasteiger partial charge in [0.1, 0.15) is 5.69 Å². The predicted molar refractivity (Wildman–Crippen MR) is 133 cm³/mol. The number of pyridine rings is 2. The second-order valence-corrected chi connectivity index (χ2v) is 8.38. The van der Waals surface area contributed by atoms with Crippen molar-refractivity contribution in [2.45, 2.75) is 38.1 Å². The number of nitrogens with zero attached hydrogens (tertiary/aromatic N) is 2. The monoisotopic (exact) mass is 439 g/mol. The van der Waals surface area contributed by atoms with Crippen LogP contribution in [0.5, 0.6) is 0 Å². The number of aromatic nitrogens is 2. The number of benzene rings is 1. The van der Waals surface area contributed by atoms with Crippen molar-refractivity contribution in [1.82, 2.24) is 20.6 Å². The molecule has 0 spiro atoms. The number of hydrogen-bond donors (Lipinski definition) is 3. The van der Waals surface area contributed by atoms with E-state index in [2.05, 4.69) is 27.2 Å². The van der Waals surface area contributed by atoms with E-state index in [1.807, 2.05) is 48.7 Å². The van der Waals surface area contributed by atoms with Crippen molar-refractivity contribution in [3.8, 4) is 0 Å². The highest BCUT2D eigenvalue weighted by molar-refractivity contribution is 6.07. The highest BCUT2D eigenvalue weighted by Gasteiger charge is 2.21. The van der Waals surface area contributed by atoms with Gasteiger partial charge in [-0.25, -0.2) is 4.98 Å². The molecule has 1 aliphatic carbocycles. The normalized spacial score (nSPS) is 16.5. The molecule has 1 fully saturated rings. The quantitative estimate of drug-likeness (QED) is 0.369. The summed E-state index contributed by atoms with van der Waals surface area (Å²) in [7, 11) is 1.80. The molecule has 1 saturated carbocycles. The van der Waals surface area contributed by atoms with Crippen LogP contribution in [0.2, 0.25) is 0 Å². The molecular weight excluding hydrogens is 410 g/mol. The Balaban J connectivity index is 1.62. The van der Waals surface area contributed by atoms with Crippen LogP contribution in [0.1, 0.15) is 53.0 Å². The van der Waals surface area contributed by atoms with Gasteiger partial charge in [0.25, 0.3) is 5.91 Å². The van der Waals surface area contributed by atoms with Gasteiger partial charge in [-0.2, -0.15) is 0 Å². The molecule has 0 bridgehead atoms. The zero-order valence-corrected chi connectivity index (χ0v) is 18.9. The minimum atomic E-state index is -0.156. The summed E-state index contributed by atoms with van der Waals surface area (Å²) in [4.78, 5) is 22.2. The molecule has 168 valence electrons. The van der Waals surface area contributed by atoms with Crippen LogP contribution < -0.4 is 10.6 Å². The van der Waals surface area contributed by atoms with Crippen molar-refractivity contribution in [2.24, 2.45) is 0 Å². The maximum atomic E-state index is 13.1. The summed E-state index contributed by atoms with van der Waals surface area (Å²) in [5.74, 6) is -0.156. The van der Waals surface area contributed by atoms with Gasteiger partial charge in [-0.05, 0) is 55.0 Å². The van der Waals surface area contributed by atoms with E-state index in [1.165, 1.54) is 6.21 Å². The SMILES string of the molecule is C=C1CCCCC1NC(=O)c1cc(Cc2ccc(/C(C=N)=C/NC)nc2)c2ccccc2n1. The number of nitrogens with one attached hydrogen (secondary N) is 3. The molecule has 6 heteroatoms. The Hall–Kier alpha value is -3.80. The fourth-order valence-electron chi connectivity index (χ4n) is 4.26. The largest absolute Gasteiger partial charge is 0.393 e. The molecule has 0 aliphatic heterocycles. The second kappa shape index (κ2) is 10.2. The van der Waals surface area contributed by atoms with Crippen molar-refractivity contribution >= 4 is 28.6 Å². The highest BCUT2D eigenvalue weighted by atomic mass is 16.1. The van der Waals surface area contributed by atoms with E-state index < -0.39 is 0 Å². The molecule has 4 rings (SSSR count). The Kier molecular flexibility index (Phi) is 6.93. The van der Waals surface area contributed by atoms with E-state index >= 15 is 0 Å². The molecule has 3 aromatic rings. The summed E-state index contributed by atoms with van der Waals surface area (Å²) in [5, 5.41) is 14.7. The second-order valence-electron chi connectivity index (χ2n) is 8.38. The zero-order chi connectivity index (χ0) is 23.2. The fourth-order valence-corrected chi connectivity index (χ4v) is 4.26. The van der Waals surface area contributed by atoms with Gasteiger partial charge in [0.15, 0.2) is 0 Å². The standard InChI is InChI=1S/C27H29N5O/c1-18-7-3-5-9-23(18)32-27(33)26-14-20(22-8-4-6-10-25(22)31-26)13-19-11-12-24(30-16-19)21(15-28)17-29-2/h4,6,8,10-12,14-17,23,28-29H,1,3,5,7,9,13H2,2H3,(H,32,33)/b21-17+,28-15?. The van der Waals surface area contributed by atoms with Gasteiger partial charge in [0.05, 0.1) is 17.3 Å². The van der Waals surface area contributed by atoms with Gasteiger partial charge in [0.2, 0.25) is 0 Å². The van der Waals surface area contributed by atoms with E-state index in [4.69, 9.17) is 5.41 Å². The third kappa shape index (κ3) is 5.17. The topological polar surface area (TPSA) is 90.8 Å². The Morgan fingerprint density at radius 3 is 2.79 bits per heavy atom. The number of rotatable bonds is 7. The maximum Gasteiger partial charge on any atom is 0.270 e. The van der Waals surface area contributed by atoms with Gasteiger partial charge < -0.3 is 16.0 Å². The number of allylic oxidation sites excluding steroid dienone is 1. The molecule has 0 saturated heterocycles. The molecule has 1 unspecified atom stereocenters. The Morgan fingerprint density at radius 2 is 2.06 bits per heavy atom. The molecule has 2 heterocycles. The van der Waals surface area contributed by atoms with Crippen LogP contribution in [0, 0.1) is 5.41 Å². The van der Waals surface area contributed by atoms with Crippen molar-refractivity contribution in [1.29, 1.82) is 5.41 Å². The fraction of sp³-hybridized carbons (Fsp3) is 0.259. The first-order valence-electron chi connectivity index (χ1n) is 11.3. The van der Waals surface area contributed by atoms with E-state index in [9.17, 15) is 4.79 Å². The molecule has 1 atom stereocenters. The first kappa shape index (κ1) is 22.4. The first-order valence-corrected chi connectivity index (χ1v) is 11.3. The third-order valence-electron chi connectivity index (χ3n) is 6.04. The average molecular weight is 440 g/mol. The molecular formula is C27H29N5O. The van der Waals surface area contributed by atoms with Crippen molar-refractivity contribution in [3.05, 3.63) is 89.5 Å². The van der Waals surface area contributed by atoms with Crippen molar-refractivity contribution in [3.63, 3.8) is 0 Å². The zero-order valence-electron chi connectivity index (χ0n) is 18.9. The van der Waals surface area contributed by atoms with Crippen LogP contribution in [0.15, 0.2) is 67.0 Å². The first-order chi connectivity index (χ1) is 16.1. The lowest BCUT2D eigenvalue weighted by atomic mass is 9.91. The van der Waals surface area contributed by atoms with Gasteiger partial charge in [-0.1, -0.05) is 42.8 Å². The number of hydrogen-bond acceptors (Lipinski definition) is 5. The van der Waals surface area contributed by atoms with Crippen molar-refractivity contribution in [2.75, 3.05) is 7.05 Å². The minimum absolute atomic E-state index is 0.0217. The molecule has 1 amide bonds. The van der Waals surface area contributed by atoms with Crippen LogP contribution >= 0.6 is 0 Å². The summed E-state index contributed by atoms with van der Waals surface area (Å²) in [6.07, 6.45) is 9.62. The van der Waals surface area contributed by atoms with Crippen molar-refractivity contribution < 1.29 is 4.79 Å². The summed E-state index contributed by atoms with van der Waals surface area (Å²) in [6.45, 7) is 4.14. The Labute approximate surface area is 194 Å². The molecule has 0 radical (unpaired) electrons. The predicted octanol–water partition coefficient (Wildman–Crippen LogP) is 4.66. The number of amides is 1. The average Bonchev–Trinajstić information content (AvgIpc) is 2.84. The molecule has 2 aromatic heterocycles. The van der Waals surface area contributed by atoms with Crippen LogP contribution in [0.25, 0.3) is 16.5 Å². The molecule has 6 nitrogen and oxygen atoms in total. The summed E-state index contributed by atoms with van der Waals surface area (Å²) >= 11 is 0. The van der Waals surface area contributed by atoms with E-state index in [0.29, 0.717) is 17.7 Å². The molecule has 3 N–H and O–H groups in total. The van der Waals surface area contributed by atoms with E-state index in [1.54, 1.807) is 13.2 Å². The number of carbonyl (C=O) groups excluding carboxylic acids is 1. The number of para-hydroxylation sites is 1. The van der Waals surface area contributed by atoms with Crippen LogP contribution in [-0.4, -0.2) is 35.2 Å². The summed E-state index contributed by atoms with van der Waals surface area (Å²) in [5.41, 5.74) is 5.82. The highest BCUT2D eigenvalue weighted by Crippen LogP contribution is 2.24. The summed E-state index contributed by atoms with van der Waals surface area (Å²) in [6, 6.07) is 13.7. The molecule has 33 heavy (non-hydrogen) atoms. The lowest BCUT2D eigenvalue weighted by Gasteiger charge is -2.25.